The first kappa shape index (κ1) is 24.3. The minimum atomic E-state index is -0.560. The summed E-state index contributed by atoms with van der Waals surface area (Å²) in [5.41, 5.74) is 2.01. The van der Waals surface area contributed by atoms with Crippen molar-refractivity contribution in [3.63, 3.8) is 0 Å². The molecule has 0 unspecified atom stereocenters. The van der Waals surface area contributed by atoms with E-state index in [9.17, 15) is 9.59 Å². The van der Waals surface area contributed by atoms with E-state index in [1.54, 1.807) is 4.90 Å². The third-order valence-electron chi connectivity index (χ3n) is 4.58. The fourth-order valence-electron chi connectivity index (χ4n) is 3.09. The van der Waals surface area contributed by atoms with Gasteiger partial charge in [-0.2, -0.15) is 0 Å². The summed E-state index contributed by atoms with van der Waals surface area (Å²) in [5, 5.41) is 2.99. The van der Waals surface area contributed by atoms with Crippen molar-refractivity contribution in [3.8, 4) is 5.75 Å². The largest absolute Gasteiger partial charge is 0.494 e. The molecule has 0 heterocycles. The van der Waals surface area contributed by atoms with Gasteiger partial charge in [0, 0.05) is 18.7 Å². The van der Waals surface area contributed by atoms with Crippen LogP contribution in [0.3, 0.4) is 0 Å². The van der Waals surface area contributed by atoms with E-state index in [0.717, 1.165) is 16.9 Å². The molecule has 0 aliphatic carbocycles. The van der Waals surface area contributed by atoms with E-state index in [1.807, 2.05) is 83.1 Å². The SMILES string of the molecule is CCOc1ccccc1CCC(=O)Nc1ccccc1CN(CC)C(=O)OC(C)(C)C. The molecule has 168 valence electrons. The maximum atomic E-state index is 12.6. The number of hydrogen-bond donors (Lipinski definition) is 1. The van der Waals surface area contributed by atoms with Gasteiger partial charge in [0.25, 0.3) is 0 Å². The van der Waals surface area contributed by atoms with Crippen molar-refractivity contribution in [1.82, 2.24) is 4.90 Å². The van der Waals surface area contributed by atoms with Crippen LogP contribution < -0.4 is 10.1 Å². The number of aryl methyl sites for hydroxylation is 1. The van der Waals surface area contributed by atoms with E-state index >= 15 is 0 Å². The average molecular weight is 427 g/mol. The topological polar surface area (TPSA) is 67.9 Å². The highest BCUT2D eigenvalue weighted by molar-refractivity contribution is 5.91. The summed E-state index contributed by atoms with van der Waals surface area (Å²) >= 11 is 0. The predicted molar refractivity (Wildman–Crippen MR) is 123 cm³/mol. The minimum absolute atomic E-state index is 0.0842. The number of amides is 2. The van der Waals surface area contributed by atoms with Crippen LogP contribution in [-0.4, -0.2) is 35.7 Å². The maximum absolute atomic E-state index is 12.6. The van der Waals surface area contributed by atoms with Gasteiger partial charge in [-0.15, -0.1) is 0 Å². The molecule has 0 spiro atoms. The highest BCUT2D eigenvalue weighted by Crippen LogP contribution is 2.22. The van der Waals surface area contributed by atoms with Crippen LogP contribution in [0.25, 0.3) is 0 Å². The Morgan fingerprint density at radius 2 is 1.61 bits per heavy atom. The normalized spacial score (nSPS) is 11.0. The highest BCUT2D eigenvalue weighted by atomic mass is 16.6. The maximum Gasteiger partial charge on any atom is 0.410 e. The molecule has 6 heteroatoms. The molecule has 6 nitrogen and oxygen atoms in total. The smallest absolute Gasteiger partial charge is 0.410 e. The molecule has 2 rings (SSSR count). The van der Waals surface area contributed by atoms with Crippen LogP contribution in [0.4, 0.5) is 10.5 Å². The Balaban J connectivity index is 2.03. The first-order chi connectivity index (χ1) is 14.7. The highest BCUT2D eigenvalue weighted by Gasteiger charge is 2.22. The minimum Gasteiger partial charge on any atom is -0.494 e. The number of nitrogens with zero attached hydrogens (tertiary/aromatic N) is 1. The Morgan fingerprint density at radius 1 is 0.968 bits per heavy atom. The summed E-state index contributed by atoms with van der Waals surface area (Å²) < 4.78 is 11.1. The number of hydrogen-bond acceptors (Lipinski definition) is 4. The predicted octanol–water partition coefficient (Wildman–Crippen LogP) is 5.41. The van der Waals surface area contributed by atoms with Crippen LogP contribution in [-0.2, 0) is 22.5 Å². The number of anilines is 1. The van der Waals surface area contributed by atoms with Crippen LogP contribution in [0.5, 0.6) is 5.75 Å². The van der Waals surface area contributed by atoms with Gasteiger partial charge < -0.3 is 19.7 Å². The zero-order valence-electron chi connectivity index (χ0n) is 19.2. The molecule has 0 fully saturated rings. The lowest BCUT2D eigenvalue weighted by Crippen LogP contribution is -2.36. The van der Waals surface area contributed by atoms with Crippen molar-refractivity contribution in [2.24, 2.45) is 0 Å². The number of ether oxygens (including phenoxy) is 2. The third-order valence-corrected chi connectivity index (χ3v) is 4.58. The number of benzene rings is 2. The average Bonchev–Trinajstić information content (AvgIpc) is 2.71. The lowest BCUT2D eigenvalue weighted by atomic mass is 10.1. The van der Waals surface area contributed by atoms with Gasteiger partial charge in [0.15, 0.2) is 0 Å². The Labute approximate surface area is 185 Å². The molecule has 0 bridgehead atoms. The van der Waals surface area contributed by atoms with E-state index < -0.39 is 5.60 Å². The fraction of sp³-hybridized carbons (Fsp3) is 0.440. The number of para-hydroxylation sites is 2. The van der Waals surface area contributed by atoms with Gasteiger partial charge in [-0.3, -0.25) is 4.79 Å². The van der Waals surface area contributed by atoms with Gasteiger partial charge in [-0.25, -0.2) is 4.79 Å². The van der Waals surface area contributed by atoms with Gasteiger partial charge in [-0.1, -0.05) is 36.4 Å². The monoisotopic (exact) mass is 426 g/mol. The molecular formula is C25H34N2O4. The number of carbonyl (C=O) groups is 2. The lowest BCUT2D eigenvalue weighted by Gasteiger charge is -2.27. The zero-order chi connectivity index (χ0) is 22.9. The first-order valence-corrected chi connectivity index (χ1v) is 10.8. The summed E-state index contributed by atoms with van der Waals surface area (Å²) in [4.78, 5) is 26.7. The van der Waals surface area contributed by atoms with Crippen molar-refractivity contribution >= 4 is 17.7 Å². The Hall–Kier alpha value is -3.02. The second-order valence-corrected chi connectivity index (χ2v) is 8.24. The molecule has 0 saturated heterocycles. The van der Waals surface area contributed by atoms with E-state index in [1.165, 1.54) is 0 Å². The van der Waals surface area contributed by atoms with Gasteiger partial charge in [0.1, 0.15) is 11.4 Å². The summed E-state index contributed by atoms with van der Waals surface area (Å²) in [6, 6.07) is 15.3. The van der Waals surface area contributed by atoms with Crippen LogP contribution in [0.15, 0.2) is 48.5 Å². The molecule has 0 aliphatic rings. The summed E-state index contributed by atoms with van der Waals surface area (Å²) in [5.74, 6) is 0.730. The second-order valence-electron chi connectivity index (χ2n) is 8.24. The Bertz CT molecular complexity index is 874. The number of carbonyl (C=O) groups excluding carboxylic acids is 2. The van der Waals surface area contributed by atoms with Crippen molar-refractivity contribution in [2.45, 2.75) is 59.6 Å². The first-order valence-electron chi connectivity index (χ1n) is 10.8. The molecule has 2 aromatic rings. The van der Waals surface area contributed by atoms with Gasteiger partial charge in [-0.05, 0) is 64.3 Å². The Morgan fingerprint density at radius 3 is 2.26 bits per heavy atom. The standard InChI is InChI=1S/C25H34N2O4/c1-6-27(24(29)31-25(3,4)5)18-20-13-8-10-14-21(20)26-23(28)17-16-19-12-9-11-15-22(19)30-7-2/h8-15H,6-7,16-18H2,1-5H3,(H,26,28). The molecule has 1 N–H and O–H groups in total. The van der Waals surface area contributed by atoms with E-state index in [0.29, 0.717) is 38.2 Å². The molecule has 0 aromatic heterocycles. The quantitative estimate of drug-likeness (QED) is 0.582. The van der Waals surface area contributed by atoms with Crippen molar-refractivity contribution < 1.29 is 19.1 Å². The lowest BCUT2D eigenvalue weighted by molar-refractivity contribution is -0.116. The number of rotatable bonds is 9. The second kappa shape index (κ2) is 11.4. The molecule has 0 atom stereocenters. The summed E-state index contributed by atoms with van der Waals surface area (Å²) in [6.45, 7) is 10.8. The van der Waals surface area contributed by atoms with Crippen LogP contribution in [0, 0.1) is 0 Å². The summed E-state index contributed by atoms with van der Waals surface area (Å²) in [7, 11) is 0. The molecule has 31 heavy (non-hydrogen) atoms. The third kappa shape index (κ3) is 7.96. The fourth-order valence-corrected chi connectivity index (χ4v) is 3.09. The van der Waals surface area contributed by atoms with Crippen molar-refractivity contribution in [3.05, 3.63) is 59.7 Å². The van der Waals surface area contributed by atoms with E-state index in [-0.39, 0.29) is 12.0 Å². The van der Waals surface area contributed by atoms with Crippen LogP contribution in [0.1, 0.15) is 52.2 Å². The molecule has 0 aliphatic heterocycles. The van der Waals surface area contributed by atoms with Crippen LogP contribution in [0.2, 0.25) is 0 Å². The van der Waals surface area contributed by atoms with Crippen molar-refractivity contribution in [2.75, 3.05) is 18.5 Å². The molecular weight excluding hydrogens is 392 g/mol. The number of nitrogens with one attached hydrogen (secondary N) is 1. The van der Waals surface area contributed by atoms with Gasteiger partial charge in [0.05, 0.1) is 13.2 Å². The zero-order valence-corrected chi connectivity index (χ0v) is 19.2. The summed E-state index contributed by atoms with van der Waals surface area (Å²) in [6.07, 6.45) is 0.550. The van der Waals surface area contributed by atoms with Crippen LogP contribution >= 0.6 is 0 Å². The van der Waals surface area contributed by atoms with Crippen molar-refractivity contribution in [1.29, 1.82) is 0 Å². The van der Waals surface area contributed by atoms with E-state index in [2.05, 4.69) is 5.32 Å². The van der Waals surface area contributed by atoms with Gasteiger partial charge in [0.2, 0.25) is 5.91 Å². The molecule has 0 saturated carbocycles. The molecule has 0 radical (unpaired) electrons. The van der Waals surface area contributed by atoms with E-state index in [4.69, 9.17) is 9.47 Å². The molecule has 2 aromatic carbocycles. The molecule has 2 amide bonds. The Kier molecular flexibility index (Phi) is 8.91. The van der Waals surface area contributed by atoms with Gasteiger partial charge >= 0.3 is 6.09 Å².